The zero-order valence-corrected chi connectivity index (χ0v) is 16.7. The van der Waals surface area contributed by atoms with E-state index in [4.69, 9.17) is 0 Å². The second-order valence-corrected chi connectivity index (χ2v) is 9.85. The van der Waals surface area contributed by atoms with Crippen LogP contribution in [0.4, 0.5) is 5.00 Å². The molecule has 0 aliphatic carbocycles. The molecule has 2 aliphatic rings. The van der Waals surface area contributed by atoms with Gasteiger partial charge in [0.25, 0.3) is 5.91 Å². The predicted molar refractivity (Wildman–Crippen MR) is 106 cm³/mol. The summed E-state index contributed by atoms with van der Waals surface area (Å²) in [7, 11) is -3.72. The smallest absolute Gasteiger partial charge is 0.270 e. The molecule has 28 heavy (non-hydrogen) atoms. The molecule has 2 amide bonds. The molecule has 4 heterocycles. The van der Waals surface area contributed by atoms with E-state index in [9.17, 15) is 18.0 Å². The van der Waals surface area contributed by atoms with Crippen LogP contribution in [0.2, 0.25) is 0 Å². The fraction of sp³-hybridized carbons (Fsp3) is 0.333. The van der Waals surface area contributed by atoms with Gasteiger partial charge in [-0.1, -0.05) is 6.58 Å². The van der Waals surface area contributed by atoms with Crippen LogP contribution < -0.4 is 5.32 Å². The van der Waals surface area contributed by atoms with E-state index in [-0.39, 0.29) is 29.8 Å². The van der Waals surface area contributed by atoms with E-state index in [1.54, 1.807) is 11.0 Å². The number of H-pyrrole nitrogens is 1. The normalized spacial score (nSPS) is 16.9. The lowest BCUT2D eigenvalue weighted by Gasteiger charge is -2.15. The molecule has 0 saturated carbocycles. The second-order valence-electron chi connectivity index (χ2n) is 6.77. The first-order chi connectivity index (χ1) is 13.4. The first-order valence-corrected chi connectivity index (χ1v) is 11.2. The van der Waals surface area contributed by atoms with Crippen LogP contribution in [0.3, 0.4) is 0 Å². The van der Waals surface area contributed by atoms with Gasteiger partial charge in [-0.2, -0.15) is 4.31 Å². The standard InChI is InChI=1S/C18H20N4O4S2/c1-2-16(23)20-17-7-12-10-22(11-15(12)27-17)28(25,26)13-8-14(19-9-13)18(24)21-5-3-4-6-21/h2,7-9,19H,1,3-6,10-11H2,(H,20,23). The molecule has 0 radical (unpaired) electrons. The Labute approximate surface area is 166 Å². The van der Waals surface area contributed by atoms with E-state index in [1.807, 2.05) is 0 Å². The summed E-state index contributed by atoms with van der Waals surface area (Å²) in [6.07, 6.45) is 4.52. The summed E-state index contributed by atoms with van der Waals surface area (Å²) in [4.78, 5) is 29.4. The number of nitrogens with zero attached hydrogens (tertiary/aromatic N) is 2. The van der Waals surface area contributed by atoms with Crippen molar-refractivity contribution in [1.82, 2.24) is 14.2 Å². The molecule has 0 atom stereocenters. The van der Waals surface area contributed by atoms with Crippen molar-refractivity contribution in [2.45, 2.75) is 30.8 Å². The number of aromatic nitrogens is 1. The molecule has 0 bridgehead atoms. The Bertz CT molecular complexity index is 1020. The van der Waals surface area contributed by atoms with Crippen LogP contribution in [0.5, 0.6) is 0 Å². The molecule has 2 aromatic heterocycles. The van der Waals surface area contributed by atoms with Gasteiger partial charge < -0.3 is 15.2 Å². The Morgan fingerprint density at radius 1 is 1.21 bits per heavy atom. The maximum absolute atomic E-state index is 13.0. The Morgan fingerprint density at radius 3 is 2.64 bits per heavy atom. The molecule has 0 spiro atoms. The SMILES string of the molecule is C=CC(=O)Nc1cc2c(s1)CN(S(=O)(=O)c1c[nH]c(C(=O)N3CCCC3)c1)C2. The summed E-state index contributed by atoms with van der Waals surface area (Å²) in [5.41, 5.74) is 1.17. The maximum Gasteiger partial charge on any atom is 0.270 e. The molecular formula is C18H20N4O4S2. The van der Waals surface area contributed by atoms with Crippen LogP contribution in [-0.2, 0) is 27.9 Å². The molecule has 1 saturated heterocycles. The van der Waals surface area contributed by atoms with Crippen LogP contribution in [0.15, 0.2) is 35.9 Å². The van der Waals surface area contributed by atoms with Crippen molar-refractivity contribution in [2.75, 3.05) is 18.4 Å². The molecule has 2 N–H and O–H groups in total. The number of sulfonamides is 1. The van der Waals surface area contributed by atoms with Crippen molar-refractivity contribution in [1.29, 1.82) is 0 Å². The summed E-state index contributed by atoms with van der Waals surface area (Å²) in [5.74, 6) is -0.464. The maximum atomic E-state index is 13.0. The number of likely N-dealkylation sites (tertiary alicyclic amines) is 1. The van der Waals surface area contributed by atoms with Gasteiger partial charge in [-0.25, -0.2) is 8.42 Å². The largest absolute Gasteiger partial charge is 0.356 e. The molecule has 0 unspecified atom stereocenters. The third kappa shape index (κ3) is 3.38. The van der Waals surface area contributed by atoms with Crippen molar-refractivity contribution >= 4 is 38.2 Å². The van der Waals surface area contributed by atoms with E-state index in [0.717, 1.165) is 23.3 Å². The van der Waals surface area contributed by atoms with Crippen LogP contribution in [0.1, 0.15) is 33.8 Å². The molecule has 10 heteroatoms. The van der Waals surface area contributed by atoms with Crippen molar-refractivity contribution in [3.63, 3.8) is 0 Å². The highest BCUT2D eigenvalue weighted by molar-refractivity contribution is 7.89. The highest BCUT2D eigenvalue weighted by Crippen LogP contribution is 2.37. The molecular weight excluding hydrogens is 400 g/mol. The second kappa shape index (κ2) is 7.19. The van der Waals surface area contributed by atoms with Gasteiger partial charge in [-0.3, -0.25) is 9.59 Å². The minimum atomic E-state index is -3.72. The number of amides is 2. The number of carbonyl (C=O) groups is 2. The summed E-state index contributed by atoms with van der Waals surface area (Å²) in [6.45, 7) is 5.30. The predicted octanol–water partition coefficient (Wildman–Crippen LogP) is 2.14. The minimum Gasteiger partial charge on any atom is -0.356 e. The van der Waals surface area contributed by atoms with Gasteiger partial charge >= 0.3 is 0 Å². The number of hydrogen-bond donors (Lipinski definition) is 2. The summed E-state index contributed by atoms with van der Waals surface area (Å²) in [5, 5.41) is 3.37. The van der Waals surface area contributed by atoms with Crippen LogP contribution in [0, 0.1) is 0 Å². The topological polar surface area (TPSA) is 103 Å². The van der Waals surface area contributed by atoms with Crippen LogP contribution >= 0.6 is 11.3 Å². The fourth-order valence-corrected chi connectivity index (χ4v) is 5.99. The number of hydrogen-bond acceptors (Lipinski definition) is 5. The Morgan fingerprint density at radius 2 is 1.96 bits per heavy atom. The first kappa shape index (κ1) is 18.9. The lowest BCUT2D eigenvalue weighted by Crippen LogP contribution is -2.28. The Balaban J connectivity index is 1.48. The Hall–Kier alpha value is -2.43. The molecule has 148 valence electrons. The van der Waals surface area contributed by atoms with E-state index in [1.165, 1.54) is 34.0 Å². The zero-order chi connectivity index (χ0) is 19.9. The van der Waals surface area contributed by atoms with Crippen LogP contribution in [-0.4, -0.2) is 47.5 Å². The van der Waals surface area contributed by atoms with Gasteiger partial charge in [-0.15, -0.1) is 11.3 Å². The number of fused-ring (bicyclic) bond motifs is 1. The lowest BCUT2D eigenvalue weighted by molar-refractivity contribution is -0.111. The quantitative estimate of drug-likeness (QED) is 0.724. The summed E-state index contributed by atoms with van der Waals surface area (Å²) in [6, 6.07) is 3.20. The van der Waals surface area contributed by atoms with E-state index in [0.29, 0.717) is 23.8 Å². The van der Waals surface area contributed by atoms with Gasteiger partial charge in [0.1, 0.15) is 10.6 Å². The molecule has 2 aromatic rings. The third-order valence-corrected chi connectivity index (χ3v) is 7.76. The monoisotopic (exact) mass is 420 g/mol. The van der Waals surface area contributed by atoms with Gasteiger partial charge in [0.2, 0.25) is 15.9 Å². The average Bonchev–Trinajstić information content (AvgIpc) is 3.43. The summed E-state index contributed by atoms with van der Waals surface area (Å²) < 4.78 is 27.3. The molecule has 1 fully saturated rings. The van der Waals surface area contributed by atoms with Crippen LogP contribution in [0.25, 0.3) is 0 Å². The van der Waals surface area contributed by atoms with Crippen molar-refractivity contribution in [2.24, 2.45) is 0 Å². The molecule has 4 rings (SSSR count). The Kier molecular flexibility index (Phi) is 4.86. The fourth-order valence-electron chi connectivity index (χ4n) is 3.43. The zero-order valence-electron chi connectivity index (χ0n) is 15.1. The first-order valence-electron chi connectivity index (χ1n) is 8.91. The number of aromatic amines is 1. The number of nitrogens with one attached hydrogen (secondary N) is 2. The number of rotatable bonds is 5. The molecule has 8 nitrogen and oxygen atoms in total. The highest BCUT2D eigenvalue weighted by atomic mass is 32.2. The summed E-state index contributed by atoms with van der Waals surface area (Å²) >= 11 is 1.35. The van der Waals surface area contributed by atoms with Gasteiger partial charge in [-0.05, 0) is 36.6 Å². The van der Waals surface area contributed by atoms with Gasteiger partial charge in [0.15, 0.2) is 0 Å². The van der Waals surface area contributed by atoms with E-state index >= 15 is 0 Å². The van der Waals surface area contributed by atoms with Gasteiger partial charge in [0, 0.05) is 37.3 Å². The van der Waals surface area contributed by atoms with E-state index < -0.39 is 10.0 Å². The number of carbonyl (C=O) groups excluding carboxylic acids is 2. The lowest BCUT2D eigenvalue weighted by atomic mass is 10.3. The third-order valence-electron chi connectivity index (χ3n) is 4.91. The molecule has 2 aliphatic heterocycles. The highest BCUT2D eigenvalue weighted by Gasteiger charge is 2.33. The minimum absolute atomic E-state index is 0.0883. The number of thiophene rings is 1. The van der Waals surface area contributed by atoms with E-state index in [2.05, 4.69) is 16.9 Å². The molecule has 0 aromatic carbocycles. The average molecular weight is 421 g/mol. The van der Waals surface area contributed by atoms with Crippen molar-refractivity contribution in [3.05, 3.63) is 47.1 Å². The van der Waals surface area contributed by atoms with Gasteiger partial charge in [0.05, 0.1) is 5.00 Å². The van der Waals surface area contributed by atoms with Crippen molar-refractivity contribution in [3.8, 4) is 0 Å². The number of anilines is 1. The van der Waals surface area contributed by atoms with Crippen molar-refractivity contribution < 1.29 is 18.0 Å².